The first kappa shape index (κ1) is 20.6. The summed E-state index contributed by atoms with van der Waals surface area (Å²) in [6.07, 6.45) is 6.01. The minimum atomic E-state index is -3.67. The number of hydrogen-bond donors (Lipinski definition) is 0. The van der Waals surface area contributed by atoms with E-state index in [0.29, 0.717) is 43.5 Å². The van der Waals surface area contributed by atoms with E-state index in [1.54, 1.807) is 6.07 Å². The van der Waals surface area contributed by atoms with Gasteiger partial charge in [-0.25, -0.2) is 8.42 Å². The Morgan fingerprint density at radius 1 is 1.07 bits per heavy atom. The van der Waals surface area contributed by atoms with Crippen molar-refractivity contribution in [2.45, 2.75) is 37.0 Å². The van der Waals surface area contributed by atoms with Crippen LogP contribution in [-0.2, 0) is 14.8 Å². The number of nitrogens with zero attached hydrogens (tertiary/aromatic N) is 2. The molecule has 1 saturated carbocycles. The van der Waals surface area contributed by atoms with Gasteiger partial charge < -0.3 is 14.4 Å². The van der Waals surface area contributed by atoms with E-state index < -0.39 is 10.0 Å². The van der Waals surface area contributed by atoms with Crippen molar-refractivity contribution in [2.75, 3.05) is 46.5 Å². The number of amides is 1. The van der Waals surface area contributed by atoms with E-state index in [-0.39, 0.29) is 10.8 Å². The fraction of sp³-hybridized carbons (Fsp3) is 0.667. The quantitative estimate of drug-likeness (QED) is 0.745. The lowest BCUT2D eigenvalue weighted by molar-refractivity contribution is 0.0517. The molecule has 0 spiro atoms. The van der Waals surface area contributed by atoms with Crippen LogP contribution in [0, 0.1) is 11.8 Å². The number of fused-ring (bicyclic) bond motifs is 1. The molecule has 2 saturated heterocycles. The summed E-state index contributed by atoms with van der Waals surface area (Å²) >= 11 is 0. The minimum Gasteiger partial charge on any atom is -0.496 e. The van der Waals surface area contributed by atoms with Crippen molar-refractivity contribution in [1.29, 1.82) is 0 Å². The van der Waals surface area contributed by atoms with Gasteiger partial charge in [0.1, 0.15) is 5.75 Å². The Kier molecular flexibility index (Phi) is 6.13. The van der Waals surface area contributed by atoms with Crippen LogP contribution in [0.3, 0.4) is 0 Å². The van der Waals surface area contributed by atoms with Crippen molar-refractivity contribution in [3.63, 3.8) is 0 Å². The molecule has 1 aliphatic carbocycles. The molecular formula is C21H30N2O5S. The third kappa shape index (κ3) is 4.15. The van der Waals surface area contributed by atoms with Crippen molar-refractivity contribution >= 4 is 15.9 Å². The molecule has 7 nitrogen and oxygen atoms in total. The molecule has 0 radical (unpaired) electrons. The van der Waals surface area contributed by atoms with Gasteiger partial charge in [-0.3, -0.25) is 4.79 Å². The summed E-state index contributed by atoms with van der Waals surface area (Å²) in [4.78, 5) is 15.3. The van der Waals surface area contributed by atoms with Crippen molar-refractivity contribution in [1.82, 2.24) is 9.21 Å². The smallest absolute Gasteiger partial charge is 0.257 e. The number of ether oxygens (including phenoxy) is 2. The first-order valence-electron chi connectivity index (χ1n) is 10.6. The summed E-state index contributed by atoms with van der Waals surface area (Å²) < 4.78 is 38.1. The fourth-order valence-electron chi connectivity index (χ4n) is 4.91. The lowest BCUT2D eigenvalue weighted by Crippen LogP contribution is -2.45. The first-order chi connectivity index (χ1) is 14.0. The van der Waals surface area contributed by atoms with E-state index in [1.165, 1.54) is 49.2 Å². The summed E-state index contributed by atoms with van der Waals surface area (Å²) in [5.41, 5.74) is 0.330. The molecule has 8 heteroatoms. The highest BCUT2D eigenvalue weighted by atomic mass is 32.2. The van der Waals surface area contributed by atoms with E-state index in [4.69, 9.17) is 9.47 Å². The average molecular weight is 423 g/mol. The summed E-state index contributed by atoms with van der Waals surface area (Å²) in [6.45, 7) is 2.91. The van der Waals surface area contributed by atoms with Crippen LogP contribution in [0.15, 0.2) is 23.1 Å². The van der Waals surface area contributed by atoms with Gasteiger partial charge >= 0.3 is 0 Å². The number of likely N-dealkylation sites (tertiary alicyclic amines) is 1. The van der Waals surface area contributed by atoms with Crippen LogP contribution in [0.2, 0.25) is 0 Å². The second-order valence-electron chi connectivity index (χ2n) is 8.22. The van der Waals surface area contributed by atoms with Crippen LogP contribution in [0.5, 0.6) is 5.75 Å². The molecule has 1 aromatic rings. The Morgan fingerprint density at radius 3 is 2.52 bits per heavy atom. The largest absolute Gasteiger partial charge is 0.496 e. The van der Waals surface area contributed by atoms with Gasteiger partial charge in [-0.05, 0) is 42.9 Å². The number of rotatable bonds is 4. The van der Waals surface area contributed by atoms with Crippen molar-refractivity contribution in [3.05, 3.63) is 23.8 Å². The molecule has 2 aliphatic heterocycles. The van der Waals surface area contributed by atoms with Crippen molar-refractivity contribution in [3.8, 4) is 5.75 Å². The maximum Gasteiger partial charge on any atom is 0.257 e. The van der Waals surface area contributed by atoms with E-state index in [2.05, 4.69) is 0 Å². The zero-order valence-corrected chi connectivity index (χ0v) is 17.8. The number of morpholine rings is 1. The molecule has 2 atom stereocenters. The Balaban J connectivity index is 1.59. The average Bonchev–Trinajstić information content (AvgIpc) is 2.78. The minimum absolute atomic E-state index is 0.134. The molecule has 3 aliphatic rings. The zero-order valence-electron chi connectivity index (χ0n) is 17.0. The number of piperidine rings is 1. The molecule has 160 valence electrons. The molecule has 29 heavy (non-hydrogen) atoms. The van der Waals surface area contributed by atoms with Gasteiger partial charge in [-0.1, -0.05) is 19.3 Å². The Morgan fingerprint density at radius 2 is 1.79 bits per heavy atom. The lowest BCUT2D eigenvalue weighted by atomic mass is 9.75. The fourth-order valence-corrected chi connectivity index (χ4v) is 6.34. The molecule has 4 rings (SSSR count). The van der Waals surface area contributed by atoms with Crippen LogP contribution in [0.1, 0.15) is 42.5 Å². The van der Waals surface area contributed by atoms with Gasteiger partial charge in [0, 0.05) is 26.2 Å². The molecule has 0 N–H and O–H groups in total. The molecule has 2 heterocycles. The molecule has 0 bridgehead atoms. The highest BCUT2D eigenvalue weighted by molar-refractivity contribution is 7.89. The van der Waals surface area contributed by atoms with E-state index in [1.807, 2.05) is 4.90 Å². The number of sulfonamides is 1. The van der Waals surface area contributed by atoms with Gasteiger partial charge in [0.15, 0.2) is 0 Å². The topological polar surface area (TPSA) is 76.1 Å². The lowest BCUT2D eigenvalue weighted by Gasteiger charge is -2.41. The monoisotopic (exact) mass is 422 g/mol. The number of carbonyl (C=O) groups is 1. The number of benzene rings is 1. The maximum atomic E-state index is 13.3. The standard InChI is InChI=1S/C21H30N2O5S/c1-27-20-7-6-18(29(25,26)23-10-12-28-13-11-23)14-19(20)21(24)22-9-8-16-4-2-3-5-17(16)15-22/h6-7,14,16-17H,2-5,8-13,15H2,1H3/t16-,17+/m1/s1. The van der Waals surface area contributed by atoms with Gasteiger partial charge in [0.05, 0.1) is 30.8 Å². The maximum absolute atomic E-state index is 13.3. The van der Waals surface area contributed by atoms with Crippen LogP contribution >= 0.6 is 0 Å². The number of methoxy groups -OCH3 is 1. The highest BCUT2D eigenvalue weighted by Gasteiger charge is 2.35. The van der Waals surface area contributed by atoms with E-state index in [9.17, 15) is 13.2 Å². The van der Waals surface area contributed by atoms with Gasteiger partial charge in [-0.2, -0.15) is 4.31 Å². The van der Waals surface area contributed by atoms with Crippen LogP contribution in [0.25, 0.3) is 0 Å². The molecular weight excluding hydrogens is 392 g/mol. The van der Waals surface area contributed by atoms with Crippen LogP contribution < -0.4 is 4.74 Å². The van der Waals surface area contributed by atoms with Gasteiger partial charge in [0.25, 0.3) is 5.91 Å². The highest BCUT2D eigenvalue weighted by Crippen LogP contribution is 2.37. The molecule has 1 amide bonds. The third-order valence-corrected chi connectivity index (χ3v) is 8.48. The van der Waals surface area contributed by atoms with E-state index in [0.717, 1.165) is 25.4 Å². The predicted molar refractivity (Wildman–Crippen MR) is 109 cm³/mol. The summed E-state index contributed by atoms with van der Waals surface area (Å²) in [7, 11) is -2.16. The van der Waals surface area contributed by atoms with Crippen molar-refractivity contribution in [2.24, 2.45) is 11.8 Å². The zero-order chi connectivity index (χ0) is 20.4. The Labute approximate surface area is 173 Å². The van der Waals surface area contributed by atoms with Gasteiger partial charge in [-0.15, -0.1) is 0 Å². The third-order valence-electron chi connectivity index (χ3n) is 6.59. The van der Waals surface area contributed by atoms with Crippen molar-refractivity contribution < 1.29 is 22.7 Å². The molecule has 0 unspecified atom stereocenters. The molecule has 3 fully saturated rings. The van der Waals surface area contributed by atoms with Crippen LogP contribution in [-0.4, -0.2) is 70.0 Å². The number of hydrogen-bond acceptors (Lipinski definition) is 5. The summed E-state index contributed by atoms with van der Waals surface area (Å²) in [5.74, 6) is 1.57. The molecule has 1 aromatic carbocycles. The summed E-state index contributed by atoms with van der Waals surface area (Å²) in [5, 5.41) is 0. The predicted octanol–water partition coefficient (Wildman–Crippen LogP) is 2.37. The summed E-state index contributed by atoms with van der Waals surface area (Å²) in [6, 6.07) is 4.60. The first-order valence-corrected chi connectivity index (χ1v) is 12.0. The Hall–Kier alpha value is -1.64. The molecule has 0 aromatic heterocycles. The number of carbonyl (C=O) groups excluding carboxylic acids is 1. The van der Waals surface area contributed by atoms with Crippen LogP contribution in [0.4, 0.5) is 0 Å². The second-order valence-corrected chi connectivity index (χ2v) is 10.2. The van der Waals surface area contributed by atoms with E-state index >= 15 is 0 Å². The second kappa shape index (κ2) is 8.62. The normalized spacial score (nSPS) is 26.0. The Bertz CT molecular complexity index is 851. The SMILES string of the molecule is COc1ccc(S(=O)(=O)N2CCOCC2)cc1C(=O)N1CC[C@H]2CCCC[C@H]2C1. The van der Waals surface area contributed by atoms with Gasteiger partial charge in [0.2, 0.25) is 10.0 Å².